The van der Waals surface area contributed by atoms with Gasteiger partial charge in [0.1, 0.15) is 0 Å². The van der Waals surface area contributed by atoms with Crippen LogP contribution in [0.4, 0.5) is 4.79 Å². The van der Waals surface area contributed by atoms with Gasteiger partial charge in [0.2, 0.25) is 0 Å². The molecule has 0 N–H and O–H groups in total. The summed E-state index contributed by atoms with van der Waals surface area (Å²) in [5, 5.41) is -0.918. The van der Waals surface area contributed by atoms with Crippen molar-refractivity contribution in [3.63, 3.8) is 0 Å². The molecule has 1 aliphatic rings. The average molecular weight is 487 g/mol. The summed E-state index contributed by atoms with van der Waals surface area (Å²) >= 11 is 0. The molecule has 0 aliphatic carbocycles. The Balaban J connectivity index is 4.46. The van der Waals surface area contributed by atoms with E-state index < -0.39 is 25.2 Å². The smallest absolute Gasteiger partial charge is 0.329 e. The molecule has 0 amide bonds. The average Bonchev–Trinajstić information content (AvgIpc) is 2.39. The largest absolute Gasteiger partial charge is 0.429 e. The fourth-order valence-electron chi connectivity index (χ4n) is 6.75. The highest BCUT2D eigenvalue weighted by molar-refractivity contribution is 7.36. The highest BCUT2D eigenvalue weighted by Gasteiger charge is 2.81. The van der Waals surface area contributed by atoms with Crippen molar-refractivity contribution in [3.8, 4) is 0 Å². The number of hydrogen-bond donors (Lipinski definition) is 0. The standard InChI is InChI=1S/C25H54O3Si3/c1-20(2,3)29(21(4,5)6)19(26)30(22(7,8)9,23(10,11)12)28-31(27-29,24(13,14)15)25(16,17)18/h1-18H3. The van der Waals surface area contributed by atoms with Crippen molar-refractivity contribution in [2.24, 2.45) is 0 Å². The molecule has 0 unspecified atom stereocenters. The van der Waals surface area contributed by atoms with Crippen LogP contribution in [0.15, 0.2) is 0 Å². The van der Waals surface area contributed by atoms with Gasteiger partial charge in [0.25, 0.3) is 16.6 Å². The van der Waals surface area contributed by atoms with Crippen LogP contribution in [0.25, 0.3) is 0 Å². The molecule has 0 aromatic heterocycles. The van der Waals surface area contributed by atoms with Crippen molar-refractivity contribution >= 4 is 30.2 Å². The van der Waals surface area contributed by atoms with Crippen LogP contribution < -0.4 is 0 Å². The normalized spacial score (nSPS) is 23.1. The molecule has 184 valence electrons. The van der Waals surface area contributed by atoms with Crippen LogP contribution in [0.3, 0.4) is 0 Å². The Morgan fingerprint density at radius 2 is 0.613 bits per heavy atom. The van der Waals surface area contributed by atoms with Crippen LogP contribution in [0.1, 0.15) is 125 Å². The lowest BCUT2D eigenvalue weighted by Crippen LogP contribution is -2.85. The Hall–Kier alpha value is 0.241. The molecule has 6 heteroatoms. The molecule has 31 heavy (non-hydrogen) atoms. The predicted molar refractivity (Wildman–Crippen MR) is 143 cm³/mol. The van der Waals surface area contributed by atoms with E-state index in [4.69, 9.17) is 8.23 Å². The molecule has 0 aromatic rings. The van der Waals surface area contributed by atoms with Gasteiger partial charge in [-0.1, -0.05) is 125 Å². The molecule has 0 spiro atoms. The van der Waals surface area contributed by atoms with Gasteiger partial charge in [0.15, 0.2) is 5.03 Å². The first kappa shape index (κ1) is 29.3. The van der Waals surface area contributed by atoms with E-state index in [9.17, 15) is 0 Å². The van der Waals surface area contributed by atoms with Gasteiger partial charge in [0.05, 0.1) is 0 Å². The summed E-state index contributed by atoms with van der Waals surface area (Å²) in [6.07, 6.45) is 0. The maximum atomic E-state index is 15.2. The van der Waals surface area contributed by atoms with Gasteiger partial charge >= 0.3 is 8.56 Å². The van der Waals surface area contributed by atoms with E-state index in [1.165, 1.54) is 0 Å². The summed E-state index contributed by atoms with van der Waals surface area (Å²) in [4.78, 5) is 15.2. The molecule has 1 heterocycles. The molecule has 0 radical (unpaired) electrons. The number of carbonyl (C=O) groups is 1. The number of hydrogen-bond acceptors (Lipinski definition) is 3. The molecule has 0 aromatic carbocycles. The molecule has 1 saturated heterocycles. The summed E-state index contributed by atoms with van der Waals surface area (Å²) in [6.45, 7) is 40.8. The van der Waals surface area contributed by atoms with Gasteiger partial charge < -0.3 is 13.0 Å². The highest BCUT2D eigenvalue weighted by atomic mass is 28.5. The number of rotatable bonds is 0. The van der Waals surface area contributed by atoms with Crippen molar-refractivity contribution in [1.82, 2.24) is 0 Å². The maximum absolute atomic E-state index is 15.2. The van der Waals surface area contributed by atoms with Gasteiger partial charge in [-0.25, -0.2) is 0 Å². The van der Waals surface area contributed by atoms with E-state index >= 15 is 4.79 Å². The molecule has 3 nitrogen and oxygen atoms in total. The minimum Gasteiger partial charge on any atom is -0.429 e. The van der Waals surface area contributed by atoms with E-state index in [2.05, 4.69) is 125 Å². The fourth-order valence-corrected chi connectivity index (χ4v) is 38.2. The van der Waals surface area contributed by atoms with Crippen LogP contribution in [0.2, 0.25) is 30.2 Å². The highest BCUT2D eigenvalue weighted by Crippen LogP contribution is 2.69. The van der Waals surface area contributed by atoms with Gasteiger partial charge in [-0.3, -0.25) is 0 Å². The molecule has 1 aliphatic heterocycles. The van der Waals surface area contributed by atoms with E-state index in [1.807, 2.05) is 0 Å². The minimum atomic E-state index is -3.04. The van der Waals surface area contributed by atoms with Crippen LogP contribution in [0.5, 0.6) is 0 Å². The van der Waals surface area contributed by atoms with Crippen LogP contribution in [-0.4, -0.2) is 30.2 Å². The summed E-state index contributed by atoms with van der Waals surface area (Å²) in [5.74, 6) is 0. The Bertz CT molecular complexity index is 611. The summed E-state index contributed by atoms with van der Waals surface area (Å²) in [7, 11) is -9.01. The predicted octanol–water partition coefficient (Wildman–Crippen LogP) is 9.45. The Morgan fingerprint density at radius 1 is 0.419 bits per heavy atom. The Labute approximate surface area is 198 Å². The lowest BCUT2D eigenvalue weighted by Gasteiger charge is -2.69. The first-order valence-corrected chi connectivity index (χ1v) is 17.7. The lowest BCUT2D eigenvalue weighted by molar-refractivity contribution is 0.212. The van der Waals surface area contributed by atoms with Crippen molar-refractivity contribution < 1.29 is 13.0 Å². The first-order chi connectivity index (χ1) is 13.1. The Morgan fingerprint density at radius 3 is 0.742 bits per heavy atom. The molecule has 0 saturated carbocycles. The van der Waals surface area contributed by atoms with E-state index in [1.54, 1.807) is 0 Å². The second-order valence-electron chi connectivity index (χ2n) is 16.0. The van der Waals surface area contributed by atoms with Crippen molar-refractivity contribution in [2.75, 3.05) is 0 Å². The topological polar surface area (TPSA) is 35.5 Å². The monoisotopic (exact) mass is 486 g/mol. The van der Waals surface area contributed by atoms with E-state index in [0.717, 1.165) is 0 Å². The molecule has 1 fully saturated rings. The summed E-state index contributed by atoms with van der Waals surface area (Å²) in [6, 6.07) is 0. The SMILES string of the molecule is CC(C)(C)[Si]1(C(C)(C)C)O[Si](C(C)(C)C)(C(C)(C)C)C(=O)[Si](C(C)(C)C)(C(C)(C)C)O1. The zero-order valence-corrected chi connectivity index (χ0v) is 27.2. The third-order valence-corrected chi connectivity index (χ3v) is 28.0. The molecule has 0 bridgehead atoms. The third-order valence-electron chi connectivity index (χ3n) is 7.43. The van der Waals surface area contributed by atoms with Gasteiger partial charge in [-0.2, -0.15) is 0 Å². The molecule has 0 atom stereocenters. The summed E-state index contributed by atoms with van der Waals surface area (Å²) < 4.78 is 15.2. The molecular weight excluding hydrogens is 433 g/mol. The van der Waals surface area contributed by atoms with Crippen LogP contribution in [-0.2, 0) is 8.23 Å². The quantitative estimate of drug-likeness (QED) is 0.320. The van der Waals surface area contributed by atoms with E-state index in [0.29, 0.717) is 5.03 Å². The third kappa shape index (κ3) is 3.94. The second-order valence-corrected chi connectivity index (χ2v) is 32.0. The minimum absolute atomic E-state index is 0.171. The van der Waals surface area contributed by atoms with Gasteiger partial charge in [-0.15, -0.1) is 0 Å². The van der Waals surface area contributed by atoms with Crippen molar-refractivity contribution in [2.45, 2.75) is 155 Å². The van der Waals surface area contributed by atoms with E-state index in [-0.39, 0.29) is 30.2 Å². The summed E-state index contributed by atoms with van der Waals surface area (Å²) in [5.41, 5.74) is 0. The lowest BCUT2D eigenvalue weighted by atomic mass is 10.2. The zero-order valence-electron chi connectivity index (χ0n) is 24.2. The fraction of sp³-hybridized carbons (Fsp3) is 0.960. The van der Waals surface area contributed by atoms with Gasteiger partial charge in [0, 0.05) is 10.1 Å². The first-order valence-electron chi connectivity index (χ1n) is 12.0. The van der Waals surface area contributed by atoms with Crippen molar-refractivity contribution in [1.29, 1.82) is 0 Å². The Kier molecular flexibility index (Phi) is 6.96. The second kappa shape index (κ2) is 7.37. The van der Waals surface area contributed by atoms with Crippen LogP contribution in [0, 0.1) is 0 Å². The van der Waals surface area contributed by atoms with Gasteiger partial charge in [-0.05, 0) is 20.2 Å². The number of carbonyl (C=O) groups excluding carboxylic acids is 1. The zero-order chi connectivity index (χ0) is 25.5. The van der Waals surface area contributed by atoms with Crippen LogP contribution >= 0.6 is 0 Å². The molecule has 1 rings (SSSR count). The molecular formula is C25H54O3Si3. The van der Waals surface area contributed by atoms with Crippen molar-refractivity contribution in [3.05, 3.63) is 0 Å². The maximum Gasteiger partial charge on any atom is 0.329 e.